The lowest BCUT2D eigenvalue weighted by Crippen LogP contribution is -2.05. The van der Waals surface area contributed by atoms with Crippen LogP contribution in [0.4, 0.5) is 5.69 Å². The SMILES string of the molecule is CCc1ccc([C@H]2COc3c(C)c(C)c(N)c(C)c32)cc1. The first-order valence-electron chi connectivity index (χ1n) is 7.65. The second kappa shape index (κ2) is 5.10. The van der Waals surface area contributed by atoms with Crippen molar-refractivity contribution in [1.29, 1.82) is 0 Å². The summed E-state index contributed by atoms with van der Waals surface area (Å²) in [6.45, 7) is 9.19. The highest BCUT2D eigenvalue weighted by molar-refractivity contribution is 5.68. The number of nitrogen functional groups attached to an aromatic ring is 1. The van der Waals surface area contributed by atoms with Crippen LogP contribution in [0.2, 0.25) is 0 Å². The zero-order valence-electron chi connectivity index (χ0n) is 13.3. The summed E-state index contributed by atoms with van der Waals surface area (Å²) in [6, 6.07) is 8.89. The third kappa shape index (κ3) is 2.10. The molecule has 21 heavy (non-hydrogen) atoms. The molecule has 1 atom stereocenters. The summed E-state index contributed by atoms with van der Waals surface area (Å²) in [5.41, 5.74) is 14.7. The molecule has 0 radical (unpaired) electrons. The number of ether oxygens (including phenoxy) is 1. The monoisotopic (exact) mass is 281 g/mol. The van der Waals surface area contributed by atoms with Crippen molar-refractivity contribution in [2.75, 3.05) is 12.3 Å². The number of aryl methyl sites for hydroxylation is 1. The molecule has 3 rings (SSSR count). The van der Waals surface area contributed by atoms with E-state index in [-0.39, 0.29) is 0 Å². The molecule has 0 aliphatic carbocycles. The molecule has 0 spiro atoms. The first-order chi connectivity index (χ1) is 10.0. The van der Waals surface area contributed by atoms with E-state index in [1.54, 1.807) is 0 Å². The first kappa shape index (κ1) is 14.0. The van der Waals surface area contributed by atoms with Gasteiger partial charge in [0.15, 0.2) is 0 Å². The van der Waals surface area contributed by atoms with Gasteiger partial charge in [0.05, 0.1) is 6.61 Å². The Hall–Kier alpha value is -1.96. The Kier molecular flexibility index (Phi) is 3.40. The molecule has 0 fully saturated rings. The normalized spacial score (nSPS) is 16.7. The second-order valence-corrected chi connectivity index (χ2v) is 5.99. The molecule has 0 bridgehead atoms. The van der Waals surface area contributed by atoms with Gasteiger partial charge in [-0.2, -0.15) is 0 Å². The van der Waals surface area contributed by atoms with Gasteiger partial charge in [0, 0.05) is 17.2 Å². The Morgan fingerprint density at radius 2 is 1.71 bits per heavy atom. The fraction of sp³-hybridized carbons (Fsp3) is 0.368. The number of anilines is 1. The third-order valence-electron chi connectivity index (χ3n) is 4.89. The minimum Gasteiger partial charge on any atom is -0.492 e. The Balaban J connectivity index is 2.11. The molecule has 2 aromatic rings. The molecular weight excluding hydrogens is 258 g/mol. The molecule has 2 aromatic carbocycles. The molecular formula is C19H23NO. The number of fused-ring (bicyclic) bond motifs is 1. The van der Waals surface area contributed by atoms with E-state index < -0.39 is 0 Å². The van der Waals surface area contributed by atoms with Crippen LogP contribution in [-0.2, 0) is 6.42 Å². The number of nitrogens with two attached hydrogens (primary N) is 1. The Labute approximate surface area is 126 Å². The highest BCUT2D eigenvalue weighted by atomic mass is 16.5. The predicted molar refractivity (Wildman–Crippen MR) is 88.2 cm³/mol. The number of hydrogen-bond donors (Lipinski definition) is 1. The summed E-state index contributed by atoms with van der Waals surface area (Å²) >= 11 is 0. The van der Waals surface area contributed by atoms with E-state index in [1.807, 2.05) is 0 Å². The largest absolute Gasteiger partial charge is 0.492 e. The van der Waals surface area contributed by atoms with E-state index in [4.69, 9.17) is 10.5 Å². The third-order valence-corrected chi connectivity index (χ3v) is 4.89. The molecule has 110 valence electrons. The van der Waals surface area contributed by atoms with Crippen molar-refractivity contribution in [2.24, 2.45) is 0 Å². The maximum Gasteiger partial charge on any atom is 0.126 e. The lowest BCUT2D eigenvalue weighted by Gasteiger charge is -2.17. The van der Waals surface area contributed by atoms with E-state index in [9.17, 15) is 0 Å². The van der Waals surface area contributed by atoms with Gasteiger partial charge in [-0.05, 0) is 55.0 Å². The van der Waals surface area contributed by atoms with Crippen LogP contribution in [0.5, 0.6) is 5.75 Å². The van der Waals surface area contributed by atoms with Gasteiger partial charge in [0.1, 0.15) is 5.75 Å². The van der Waals surface area contributed by atoms with Crippen molar-refractivity contribution in [2.45, 2.75) is 40.0 Å². The molecule has 2 nitrogen and oxygen atoms in total. The molecule has 0 amide bonds. The number of rotatable bonds is 2. The van der Waals surface area contributed by atoms with Gasteiger partial charge >= 0.3 is 0 Å². The molecule has 0 saturated heterocycles. The first-order valence-corrected chi connectivity index (χ1v) is 7.65. The van der Waals surface area contributed by atoms with Crippen molar-refractivity contribution >= 4 is 5.69 Å². The van der Waals surface area contributed by atoms with Gasteiger partial charge in [-0.15, -0.1) is 0 Å². The predicted octanol–water partition coefficient (Wildman–Crippen LogP) is 4.28. The van der Waals surface area contributed by atoms with E-state index in [1.165, 1.54) is 27.8 Å². The summed E-state index contributed by atoms with van der Waals surface area (Å²) in [5, 5.41) is 0. The van der Waals surface area contributed by atoms with Crippen LogP contribution in [0.25, 0.3) is 0 Å². The van der Waals surface area contributed by atoms with Gasteiger partial charge in [-0.25, -0.2) is 0 Å². The zero-order chi connectivity index (χ0) is 15.1. The lowest BCUT2D eigenvalue weighted by molar-refractivity contribution is 0.341. The summed E-state index contributed by atoms with van der Waals surface area (Å²) in [4.78, 5) is 0. The molecule has 1 aliphatic heterocycles. The number of benzene rings is 2. The lowest BCUT2D eigenvalue weighted by atomic mass is 9.86. The Bertz CT molecular complexity index is 686. The summed E-state index contributed by atoms with van der Waals surface area (Å²) in [6.07, 6.45) is 1.07. The highest BCUT2D eigenvalue weighted by Gasteiger charge is 2.31. The minimum atomic E-state index is 0.299. The van der Waals surface area contributed by atoms with Gasteiger partial charge in [-0.1, -0.05) is 31.2 Å². The van der Waals surface area contributed by atoms with Gasteiger partial charge < -0.3 is 10.5 Å². The van der Waals surface area contributed by atoms with Crippen molar-refractivity contribution in [1.82, 2.24) is 0 Å². The van der Waals surface area contributed by atoms with Crippen LogP contribution in [0.1, 0.15) is 46.2 Å². The average Bonchev–Trinajstić information content (AvgIpc) is 2.96. The van der Waals surface area contributed by atoms with Crippen molar-refractivity contribution in [3.05, 3.63) is 57.6 Å². The molecule has 0 unspecified atom stereocenters. The Morgan fingerprint density at radius 1 is 1.05 bits per heavy atom. The summed E-state index contributed by atoms with van der Waals surface area (Å²) in [7, 11) is 0. The van der Waals surface area contributed by atoms with Crippen LogP contribution in [0.3, 0.4) is 0 Å². The molecule has 2 N–H and O–H groups in total. The maximum atomic E-state index is 6.29. The fourth-order valence-electron chi connectivity index (χ4n) is 3.28. The minimum absolute atomic E-state index is 0.299. The molecule has 0 saturated carbocycles. The van der Waals surface area contributed by atoms with Crippen LogP contribution in [0, 0.1) is 20.8 Å². The van der Waals surface area contributed by atoms with Crippen molar-refractivity contribution in [3.8, 4) is 5.75 Å². The van der Waals surface area contributed by atoms with Crippen LogP contribution < -0.4 is 10.5 Å². The fourth-order valence-corrected chi connectivity index (χ4v) is 3.28. The standard InChI is InChI=1S/C19H23NO/c1-5-14-6-8-15(9-7-14)16-10-21-19-12(3)11(2)18(20)13(4)17(16)19/h6-9,16H,5,10,20H2,1-4H3/t16-/m1/s1. The van der Waals surface area contributed by atoms with Crippen LogP contribution in [-0.4, -0.2) is 6.61 Å². The van der Waals surface area contributed by atoms with Crippen molar-refractivity contribution in [3.63, 3.8) is 0 Å². The van der Waals surface area contributed by atoms with E-state index in [2.05, 4.69) is 52.0 Å². The highest BCUT2D eigenvalue weighted by Crippen LogP contribution is 2.45. The topological polar surface area (TPSA) is 35.2 Å². The molecule has 0 aromatic heterocycles. The van der Waals surface area contributed by atoms with E-state index in [0.717, 1.165) is 23.4 Å². The average molecular weight is 281 g/mol. The van der Waals surface area contributed by atoms with Crippen LogP contribution in [0.15, 0.2) is 24.3 Å². The maximum absolute atomic E-state index is 6.29. The summed E-state index contributed by atoms with van der Waals surface area (Å²) < 4.78 is 6.01. The van der Waals surface area contributed by atoms with Gasteiger partial charge in [0.2, 0.25) is 0 Å². The second-order valence-electron chi connectivity index (χ2n) is 5.99. The summed E-state index contributed by atoms with van der Waals surface area (Å²) in [5.74, 6) is 1.34. The molecule has 1 aliphatic rings. The quantitative estimate of drug-likeness (QED) is 0.834. The number of hydrogen-bond acceptors (Lipinski definition) is 2. The van der Waals surface area contributed by atoms with Gasteiger partial charge in [-0.3, -0.25) is 0 Å². The molecule has 1 heterocycles. The van der Waals surface area contributed by atoms with Crippen LogP contribution >= 0.6 is 0 Å². The van der Waals surface area contributed by atoms with E-state index >= 15 is 0 Å². The Morgan fingerprint density at radius 3 is 2.33 bits per heavy atom. The van der Waals surface area contributed by atoms with Crippen molar-refractivity contribution < 1.29 is 4.74 Å². The van der Waals surface area contributed by atoms with E-state index in [0.29, 0.717) is 12.5 Å². The molecule has 2 heteroatoms. The zero-order valence-corrected chi connectivity index (χ0v) is 13.3. The van der Waals surface area contributed by atoms with Gasteiger partial charge in [0.25, 0.3) is 0 Å². The smallest absolute Gasteiger partial charge is 0.126 e.